The number of anilines is 2. The number of carbonyl (C=O) groups is 1. The number of aliphatic carboxylic acids is 1. The number of benzene rings is 1. The minimum Gasteiger partial charge on any atom is -0.481 e. The predicted octanol–water partition coefficient (Wildman–Crippen LogP) is 3.12. The summed E-state index contributed by atoms with van der Waals surface area (Å²) in [4.78, 5) is 14.6. The van der Waals surface area contributed by atoms with Gasteiger partial charge in [-0.1, -0.05) is 12.1 Å². The molecule has 0 unspecified atom stereocenters. The van der Waals surface area contributed by atoms with E-state index >= 15 is 0 Å². The summed E-state index contributed by atoms with van der Waals surface area (Å²) in [5.41, 5.74) is 0.737. The monoisotopic (exact) mass is 300 g/mol. The summed E-state index contributed by atoms with van der Waals surface area (Å²) in [6.07, 6.45) is -0.187. The van der Waals surface area contributed by atoms with Crippen molar-refractivity contribution in [1.82, 2.24) is 4.98 Å². The van der Waals surface area contributed by atoms with Gasteiger partial charge in [-0.15, -0.1) is 11.3 Å². The lowest BCUT2D eigenvalue weighted by atomic mass is 10.3. The molecule has 2 rings (SSSR count). The molecule has 0 fully saturated rings. The van der Waals surface area contributed by atoms with Crippen molar-refractivity contribution in [3.8, 4) is 5.75 Å². The van der Waals surface area contributed by atoms with Gasteiger partial charge in [0.25, 0.3) is 0 Å². The first kappa shape index (κ1) is 14.2. The van der Waals surface area contributed by atoms with E-state index in [2.05, 4.69) is 15.0 Å². The molecule has 1 aromatic carbocycles. The number of hydrogen-bond acceptors (Lipinski definition) is 5. The summed E-state index contributed by atoms with van der Waals surface area (Å²) in [6.45, 7) is -2.92. The molecule has 0 spiro atoms. The summed E-state index contributed by atoms with van der Waals surface area (Å²) < 4.78 is 28.9. The summed E-state index contributed by atoms with van der Waals surface area (Å²) in [5, 5.41) is 13.5. The van der Waals surface area contributed by atoms with Crippen molar-refractivity contribution in [2.45, 2.75) is 13.0 Å². The van der Waals surface area contributed by atoms with Gasteiger partial charge in [0.1, 0.15) is 5.75 Å². The molecule has 1 aromatic heterocycles. The third-order valence-corrected chi connectivity index (χ3v) is 3.04. The van der Waals surface area contributed by atoms with E-state index in [1.165, 1.54) is 17.4 Å². The van der Waals surface area contributed by atoms with Crippen LogP contribution < -0.4 is 10.1 Å². The molecule has 0 radical (unpaired) electrons. The minimum atomic E-state index is -2.92. The van der Waals surface area contributed by atoms with Crippen LogP contribution in [0, 0.1) is 0 Å². The molecule has 5 nitrogen and oxygen atoms in total. The topological polar surface area (TPSA) is 71.5 Å². The first-order chi connectivity index (χ1) is 9.54. The number of carboxylic acids is 1. The van der Waals surface area contributed by atoms with Crippen molar-refractivity contribution in [3.63, 3.8) is 0 Å². The van der Waals surface area contributed by atoms with Gasteiger partial charge in [-0.2, -0.15) is 8.78 Å². The van der Waals surface area contributed by atoms with Crippen molar-refractivity contribution in [1.29, 1.82) is 0 Å². The molecule has 0 atom stereocenters. The lowest BCUT2D eigenvalue weighted by Gasteiger charge is -2.10. The number of nitrogens with one attached hydrogen (secondary N) is 1. The van der Waals surface area contributed by atoms with Crippen molar-refractivity contribution in [3.05, 3.63) is 35.3 Å². The Kier molecular flexibility index (Phi) is 4.46. The number of nitrogens with zero attached hydrogens (tertiary/aromatic N) is 1. The molecule has 0 saturated carbocycles. The van der Waals surface area contributed by atoms with Gasteiger partial charge >= 0.3 is 12.6 Å². The van der Waals surface area contributed by atoms with Crippen LogP contribution in [0.5, 0.6) is 5.75 Å². The second kappa shape index (κ2) is 6.29. The van der Waals surface area contributed by atoms with Gasteiger partial charge in [-0.05, 0) is 12.1 Å². The Labute approximate surface area is 116 Å². The highest BCUT2D eigenvalue weighted by Crippen LogP contribution is 2.30. The SMILES string of the molecule is O=C(O)Cc1csc(Nc2ccccc2OC(F)F)n1. The number of aromatic nitrogens is 1. The molecule has 0 amide bonds. The number of hydrogen-bond donors (Lipinski definition) is 2. The summed E-state index contributed by atoms with van der Waals surface area (Å²) in [5.74, 6) is -0.985. The number of para-hydroxylation sites is 2. The zero-order valence-corrected chi connectivity index (χ0v) is 10.9. The van der Waals surface area contributed by atoms with Crippen molar-refractivity contribution in [2.75, 3.05) is 5.32 Å². The fraction of sp³-hybridized carbons (Fsp3) is 0.167. The van der Waals surface area contributed by atoms with Crippen LogP contribution in [-0.2, 0) is 11.2 Å². The Morgan fingerprint density at radius 3 is 2.90 bits per heavy atom. The second-order valence-electron chi connectivity index (χ2n) is 3.71. The van der Waals surface area contributed by atoms with Crippen LogP contribution in [-0.4, -0.2) is 22.7 Å². The third kappa shape index (κ3) is 3.89. The molecule has 0 saturated heterocycles. The molecule has 8 heteroatoms. The summed E-state index contributed by atoms with van der Waals surface area (Å²) in [6, 6.07) is 6.20. The number of halogens is 2. The van der Waals surface area contributed by atoms with Gasteiger partial charge in [-0.3, -0.25) is 4.79 Å². The lowest BCUT2D eigenvalue weighted by molar-refractivity contribution is -0.136. The molecule has 2 N–H and O–H groups in total. The maximum Gasteiger partial charge on any atom is 0.387 e. The molecular formula is C12H10F2N2O3S. The quantitative estimate of drug-likeness (QED) is 0.857. The normalized spacial score (nSPS) is 10.6. The Hall–Kier alpha value is -2.22. The molecule has 0 aliphatic rings. The van der Waals surface area contributed by atoms with Crippen molar-refractivity contribution in [2.24, 2.45) is 0 Å². The van der Waals surface area contributed by atoms with Crippen LogP contribution in [0.25, 0.3) is 0 Å². The van der Waals surface area contributed by atoms with E-state index in [-0.39, 0.29) is 12.2 Å². The maximum atomic E-state index is 12.3. The van der Waals surface area contributed by atoms with Crippen LogP contribution in [0.15, 0.2) is 29.6 Å². The summed E-state index contributed by atoms with van der Waals surface area (Å²) in [7, 11) is 0. The number of thiazole rings is 1. The number of ether oxygens (including phenoxy) is 1. The first-order valence-electron chi connectivity index (χ1n) is 5.51. The highest BCUT2D eigenvalue weighted by atomic mass is 32.1. The molecular weight excluding hydrogens is 290 g/mol. The van der Waals surface area contributed by atoms with E-state index in [0.29, 0.717) is 16.5 Å². The highest BCUT2D eigenvalue weighted by molar-refractivity contribution is 7.13. The van der Waals surface area contributed by atoms with Gasteiger partial charge in [0.2, 0.25) is 0 Å². The second-order valence-corrected chi connectivity index (χ2v) is 4.57. The molecule has 0 aliphatic carbocycles. The first-order valence-corrected chi connectivity index (χ1v) is 6.39. The Bertz CT molecular complexity index is 604. The molecule has 20 heavy (non-hydrogen) atoms. The van der Waals surface area contributed by atoms with Gasteiger partial charge < -0.3 is 15.2 Å². The van der Waals surface area contributed by atoms with Crippen LogP contribution in [0.2, 0.25) is 0 Å². The fourth-order valence-corrected chi connectivity index (χ4v) is 2.21. The Morgan fingerprint density at radius 1 is 1.45 bits per heavy atom. The van der Waals surface area contributed by atoms with Gasteiger partial charge in [-0.25, -0.2) is 4.98 Å². The number of rotatable bonds is 6. The van der Waals surface area contributed by atoms with Crippen LogP contribution in [0.4, 0.5) is 19.6 Å². The molecule has 1 heterocycles. The van der Waals surface area contributed by atoms with E-state index in [0.717, 1.165) is 0 Å². The zero-order chi connectivity index (χ0) is 14.5. The van der Waals surface area contributed by atoms with Crippen LogP contribution in [0.3, 0.4) is 0 Å². The van der Waals surface area contributed by atoms with Crippen molar-refractivity contribution >= 4 is 28.1 Å². The number of carboxylic acid groups (broad SMARTS) is 1. The summed E-state index contributed by atoms with van der Waals surface area (Å²) >= 11 is 1.19. The highest BCUT2D eigenvalue weighted by Gasteiger charge is 2.11. The minimum absolute atomic E-state index is 0.00233. The molecule has 106 valence electrons. The maximum absolute atomic E-state index is 12.3. The fourth-order valence-electron chi connectivity index (χ4n) is 1.48. The van der Waals surface area contributed by atoms with E-state index in [4.69, 9.17) is 5.11 Å². The standard InChI is InChI=1S/C12H10F2N2O3S/c13-11(14)19-9-4-2-1-3-8(9)16-12-15-7(6-20-12)5-10(17)18/h1-4,6,11H,5H2,(H,15,16)(H,17,18). The lowest BCUT2D eigenvalue weighted by Crippen LogP contribution is -2.04. The van der Waals surface area contributed by atoms with E-state index in [1.807, 2.05) is 0 Å². The largest absolute Gasteiger partial charge is 0.481 e. The average Bonchev–Trinajstić information content (AvgIpc) is 2.77. The number of alkyl halides is 2. The van der Waals surface area contributed by atoms with Gasteiger partial charge in [0.05, 0.1) is 17.8 Å². The van der Waals surface area contributed by atoms with Gasteiger partial charge in [0, 0.05) is 5.38 Å². The predicted molar refractivity (Wildman–Crippen MR) is 69.8 cm³/mol. The Balaban J connectivity index is 2.13. The van der Waals surface area contributed by atoms with E-state index in [1.54, 1.807) is 23.6 Å². The van der Waals surface area contributed by atoms with E-state index < -0.39 is 12.6 Å². The molecule has 0 aliphatic heterocycles. The van der Waals surface area contributed by atoms with Crippen LogP contribution >= 0.6 is 11.3 Å². The van der Waals surface area contributed by atoms with Crippen LogP contribution in [0.1, 0.15) is 5.69 Å². The van der Waals surface area contributed by atoms with Gasteiger partial charge in [0.15, 0.2) is 5.13 Å². The zero-order valence-electron chi connectivity index (χ0n) is 10.0. The molecule has 2 aromatic rings. The molecule has 0 bridgehead atoms. The van der Waals surface area contributed by atoms with E-state index in [9.17, 15) is 13.6 Å². The average molecular weight is 300 g/mol. The Morgan fingerprint density at radius 2 is 2.20 bits per heavy atom. The smallest absolute Gasteiger partial charge is 0.387 e. The third-order valence-electron chi connectivity index (χ3n) is 2.23. The van der Waals surface area contributed by atoms with Crippen molar-refractivity contribution < 1.29 is 23.4 Å².